The third kappa shape index (κ3) is 1.85. The van der Waals surface area contributed by atoms with E-state index >= 15 is 0 Å². The molecule has 0 radical (unpaired) electrons. The summed E-state index contributed by atoms with van der Waals surface area (Å²) in [7, 11) is 0. The number of aromatic nitrogens is 2. The molecule has 1 aromatic rings. The molecule has 0 saturated heterocycles. The summed E-state index contributed by atoms with van der Waals surface area (Å²) in [6.07, 6.45) is 4.51. The molecule has 2 rings (SSSR count). The van der Waals surface area contributed by atoms with E-state index in [9.17, 15) is 4.79 Å². The van der Waals surface area contributed by atoms with Crippen LogP contribution in [0.2, 0.25) is 0 Å². The van der Waals surface area contributed by atoms with Crippen molar-refractivity contribution in [2.45, 2.75) is 25.8 Å². The van der Waals surface area contributed by atoms with Gasteiger partial charge in [-0.3, -0.25) is 9.48 Å². The molecule has 0 aliphatic heterocycles. The van der Waals surface area contributed by atoms with Gasteiger partial charge in [-0.05, 0) is 19.0 Å². The Kier molecular flexibility index (Phi) is 2.63. The molecule has 2 N–H and O–H groups in total. The molecule has 4 heteroatoms. The maximum Gasteiger partial charge on any atom is 0.137 e. The van der Waals surface area contributed by atoms with Gasteiger partial charge in [0.2, 0.25) is 0 Å². The molecule has 4 nitrogen and oxygen atoms in total. The highest BCUT2D eigenvalue weighted by Gasteiger charge is 2.28. The molecule has 1 unspecified atom stereocenters. The lowest BCUT2D eigenvalue weighted by Gasteiger charge is -2.23. The van der Waals surface area contributed by atoms with Gasteiger partial charge in [0, 0.05) is 25.0 Å². The van der Waals surface area contributed by atoms with E-state index in [0.717, 1.165) is 31.5 Å². The molecule has 1 heterocycles. The monoisotopic (exact) mass is 193 g/mol. The molecular weight excluding hydrogens is 178 g/mol. The number of hydrogen-bond acceptors (Lipinski definition) is 3. The number of hydrogen-bond donors (Lipinski definition) is 1. The Morgan fingerprint density at radius 1 is 1.64 bits per heavy atom. The second-order valence-corrected chi connectivity index (χ2v) is 3.77. The smallest absolute Gasteiger partial charge is 0.137 e. The average molecular weight is 193 g/mol. The predicted molar refractivity (Wildman–Crippen MR) is 52.7 cm³/mol. The van der Waals surface area contributed by atoms with Crippen molar-refractivity contribution in [3.63, 3.8) is 0 Å². The van der Waals surface area contributed by atoms with Crippen molar-refractivity contribution in [2.24, 2.45) is 11.7 Å². The third-order valence-corrected chi connectivity index (χ3v) is 2.70. The Hall–Kier alpha value is -1.16. The summed E-state index contributed by atoms with van der Waals surface area (Å²) >= 11 is 0. The number of carbonyl (C=O) groups excluding carboxylic acids is 1. The Morgan fingerprint density at radius 2 is 2.50 bits per heavy atom. The number of carbonyl (C=O) groups is 1. The second kappa shape index (κ2) is 3.92. The van der Waals surface area contributed by atoms with Gasteiger partial charge in [-0.1, -0.05) is 0 Å². The van der Waals surface area contributed by atoms with Crippen LogP contribution in [0.4, 0.5) is 0 Å². The van der Waals surface area contributed by atoms with Crippen molar-refractivity contribution in [1.82, 2.24) is 9.78 Å². The first-order chi connectivity index (χ1) is 6.79. The summed E-state index contributed by atoms with van der Waals surface area (Å²) in [5, 5.41) is 4.34. The Morgan fingerprint density at radius 3 is 3.07 bits per heavy atom. The van der Waals surface area contributed by atoms with Gasteiger partial charge in [-0.25, -0.2) is 0 Å². The van der Waals surface area contributed by atoms with Crippen molar-refractivity contribution in [2.75, 3.05) is 6.54 Å². The fourth-order valence-corrected chi connectivity index (χ4v) is 1.67. The molecule has 14 heavy (non-hydrogen) atoms. The van der Waals surface area contributed by atoms with Crippen LogP contribution in [0.5, 0.6) is 0 Å². The zero-order valence-corrected chi connectivity index (χ0v) is 8.15. The van der Waals surface area contributed by atoms with Gasteiger partial charge in [0.15, 0.2) is 0 Å². The zero-order chi connectivity index (χ0) is 9.97. The lowest BCUT2D eigenvalue weighted by atomic mass is 9.84. The van der Waals surface area contributed by atoms with Gasteiger partial charge >= 0.3 is 0 Å². The maximum absolute atomic E-state index is 11.1. The zero-order valence-electron chi connectivity index (χ0n) is 8.15. The fourth-order valence-electron chi connectivity index (χ4n) is 1.67. The molecular formula is C10H15N3O. The highest BCUT2D eigenvalue weighted by atomic mass is 16.1. The minimum atomic E-state index is 0.209. The van der Waals surface area contributed by atoms with Crippen LogP contribution in [0.15, 0.2) is 12.3 Å². The van der Waals surface area contributed by atoms with E-state index in [4.69, 9.17) is 5.73 Å². The number of ketones is 1. The van der Waals surface area contributed by atoms with Crippen LogP contribution >= 0.6 is 0 Å². The number of Topliss-reactive ketones (excluding diaryl/α,β-unsaturated/α-hetero) is 1. The fraction of sp³-hybridized carbons (Fsp3) is 0.600. The van der Waals surface area contributed by atoms with Crippen LogP contribution in [0.1, 0.15) is 18.5 Å². The second-order valence-electron chi connectivity index (χ2n) is 3.77. The molecule has 0 spiro atoms. The Labute approximate surface area is 83.1 Å². The molecule has 1 fully saturated rings. The van der Waals surface area contributed by atoms with E-state index in [0.29, 0.717) is 12.3 Å². The summed E-state index contributed by atoms with van der Waals surface area (Å²) in [4.78, 5) is 11.1. The van der Waals surface area contributed by atoms with Gasteiger partial charge < -0.3 is 5.73 Å². The number of nitrogens with zero attached hydrogens (tertiary/aromatic N) is 2. The molecule has 76 valence electrons. The Balaban J connectivity index is 1.92. The van der Waals surface area contributed by atoms with Crippen LogP contribution in [0, 0.1) is 5.92 Å². The van der Waals surface area contributed by atoms with Crippen molar-refractivity contribution >= 4 is 5.78 Å². The predicted octanol–water partition coefficient (Wildman–Crippen LogP) is 0.363. The Bertz CT molecular complexity index is 332. The van der Waals surface area contributed by atoms with Crippen molar-refractivity contribution in [3.05, 3.63) is 18.0 Å². The van der Waals surface area contributed by atoms with Gasteiger partial charge in [0.25, 0.3) is 0 Å². The molecule has 1 aromatic heterocycles. The quantitative estimate of drug-likeness (QED) is 0.751. The van der Waals surface area contributed by atoms with Gasteiger partial charge in [-0.2, -0.15) is 5.10 Å². The highest BCUT2D eigenvalue weighted by molar-refractivity contribution is 5.86. The summed E-state index contributed by atoms with van der Waals surface area (Å²) in [6, 6.07) is 1.97. The van der Waals surface area contributed by atoms with E-state index in [1.165, 1.54) is 0 Å². The molecule has 0 amide bonds. The average Bonchev–Trinajstić information content (AvgIpc) is 2.61. The van der Waals surface area contributed by atoms with E-state index in [1.807, 2.05) is 16.9 Å². The standard InChI is InChI=1S/C10H15N3O/c11-5-3-9-4-6-13(12-9)7-8-1-2-10(8)14/h4,6,8H,1-3,5,7,11H2. The van der Waals surface area contributed by atoms with Crippen molar-refractivity contribution in [3.8, 4) is 0 Å². The molecule has 1 aliphatic rings. The first-order valence-electron chi connectivity index (χ1n) is 5.04. The number of rotatable bonds is 4. The normalized spacial score (nSPS) is 20.9. The summed E-state index contributed by atoms with van der Waals surface area (Å²) in [5.74, 6) is 0.585. The minimum Gasteiger partial charge on any atom is -0.330 e. The van der Waals surface area contributed by atoms with Crippen LogP contribution in [0.3, 0.4) is 0 Å². The number of nitrogens with two attached hydrogens (primary N) is 1. The lowest BCUT2D eigenvalue weighted by molar-refractivity contribution is -0.129. The highest BCUT2D eigenvalue weighted by Crippen LogP contribution is 2.23. The molecule has 1 saturated carbocycles. The van der Waals surface area contributed by atoms with Gasteiger partial charge in [-0.15, -0.1) is 0 Å². The van der Waals surface area contributed by atoms with Gasteiger partial charge in [0.05, 0.1) is 12.2 Å². The summed E-state index contributed by atoms with van der Waals surface area (Å²) < 4.78 is 1.85. The van der Waals surface area contributed by atoms with Gasteiger partial charge in [0.1, 0.15) is 5.78 Å². The SMILES string of the molecule is NCCc1ccn(CC2CCC2=O)n1. The lowest BCUT2D eigenvalue weighted by Crippen LogP contribution is -2.29. The van der Waals surface area contributed by atoms with Crippen LogP contribution in [-0.2, 0) is 17.8 Å². The van der Waals surface area contributed by atoms with E-state index < -0.39 is 0 Å². The van der Waals surface area contributed by atoms with Crippen LogP contribution < -0.4 is 5.73 Å². The largest absolute Gasteiger partial charge is 0.330 e. The topological polar surface area (TPSA) is 60.9 Å². The van der Waals surface area contributed by atoms with Crippen LogP contribution in [0.25, 0.3) is 0 Å². The first-order valence-corrected chi connectivity index (χ1v) is 5.04. The molecule has 1 atom stereocenters. The summed E-state index contributed by atoms with van der Waals surface area (Å²) in [5.41, 5.74) is 6.44. The summed E-state index contributed by atoms with van der Waals surface area (Å²) in [6.45, 7) is 1.36. The van der Waals surface area contributed by atoms with E-state index in [2.05, 4.69) is 5.10 Å². The molecule has 0 aromatic carbocycles. The molecule has 0 bridgehead atoms. The van der Waals surface area contributed by atoms with Crippen molar-refractivity contribution < 1.29 is 4.79 Å². The molecule has 1 aliphatic carbocycles. The van der Waals surface area contributed by atoms with E-state index in [-0.39, 0.29) is 5.92 Å². The van der Waals surface area contributed by atoms with Crippen molar-refractivity contribution in [1.29, 1.82) is 0 Å². The third-order valence-electron chi connectivity index (χ3n) is 2.70. The first kappa shape index (κ1) is 9.40. The minimum absolute atomic E-state index is 0.209. The van der Waals surface area contributed by atoms with Crippen LogP contribution in [-0.4, -0.2) is 22.1 Å². The maximum atomic E-state index is 11.1. The van der Waals surface area contributed by atoms with E-state index in [1.54, 1.807) is 0 Å².